The van der Waals surface area contributed by atoms with E-state index in [1.54, 1.807) is 0 Å². The van der Waals surface area contributed by atoms with Gasteiger partial charge in [-0.1, -0.05) is 23.4 Å². The summed E-state index contributed by atoms with van der Waals surface area (Å²) in [7, 11) is 1.47. The molecular weight excluding hydrogens is 483 g/mol. The van der Waals surface area contributed by atoms with Crippen molar-refractivity contribution in [1.29, 1.82) is 0 Å². The summed E-state index contributed by atoms with van der Waals surface area (Å²) in [6.45, 7) is 5.16. The molecule has 0 unspecified atom stereocenters. The predicted molar refractivity (Wildman–Crippen MR) is 144 cm³/mol. The van der Waals surface area contributed by atoms with Gasteiger partial charge in [0.05, 0.1) is 25.3 Å². The van der Waals surface area contributed by atoms with Crippen LogP contribution in [0, 0.1) is 17.7 Å². The lowest BCUT2D eigenvalue weighted by molar-refractivity contribution is -0.146. The largest absolute Gasteiger partial charge is 0.493 e. The average Bonchev–Trinajstić information content (AvgIpc) is 3.67. The molecule has 0 aromatic heterocycles. The summed E-state index contributed by atoms with van der Waals surface area (Å²) in [6.07, 6.45) is 6.96. The molecule has 202 valence electrons. The Balaban J connectivity index is 1.11. The van der Waals surface area contributed by atoms with Gasteiger partial charge in [0.1, 0.15) is 11.6 Å². The van der Waals surface area contributed by atoms with Crippen molar-refractivity contribution in [2.45, 2.75) is 69.9 Å². The maximum Gasteiger partial charge on any atom is 0.308 e. The number of carbonyl (C=O) groups excluding carboxylic acids is 1. The van der Waals surface area contributed by atoms with Gasteiger partial charge in [-0.3, -0.25) is 9.69 Å². The Kier molecular flexibility index (Phi) is 6.89. The molecule has 2 aromatic rings. The molecule has 0 amide bonds. The fourth-order valence-corrected chi connectivity index (χ4v) is 6.61. The smallest absolute Gasteiger partial charge is 0.308 e. The first-order chi connectivity index (χ1) is 18.5. The average molecular weight is 521 g/mol. The zero-order chi connectivity index (χ0) is 26.3. The molecule has 6 rings (SSSR count). The summed E-state index contributed by atoms with van der Waals surface area (Å²) in [4.78, 5) is 20.3. The molecule has 0 bridgehead atoms. The van der Waals surface area contributed by atoms with Crippen molar-refractivity contribution in [3.8, 4) is 16.9 Å². The standard InChI is InChI=1S/C31H37FN2O4/c1-3-37-28-15-20(14-26(21-4-5-21)29(28)23-10-12-25(32)13-11-23)17-34-18-31(19-34)16-27(33-38-31)22-6-8-24(9-7-22)30(35)36-2/h10-15,21-22,24H,3-9,16-19H2,1-2H3. The minimum atomic E-state index is -0.224. The van der Waals surface area contributed by atoms with E-state index in [2.05, 4.69) is 22.2 Å². The van der Waals surface area contributed by atoms with Gasteiger partial charge >= 0.3 is 5.97 Å². The quantitative estimate of drug-likeness (QED) is 0.395. The number of nitrogens with zero attached hydrogens (tertiary/aromatic N) is 2. The SMILES string of the molecule is CCOc1cc(CN2CC3(CC(C4CCC(C(=O)OC)CC4)=NO3)C2)cc(C2CC2)c1-c1ccc(F)cc1. The number of hydrogen-bond acceptors (Lipinski definition) is 6. The van der Waals surface area contributed by atoms with Crippen LogP contribution in [0.2, 0.25) is 0 Å². The first kappa shape index (κ1) is 25.4. The summed E-state index contributed by atoms with van der Waals surface area (Å²) in [5.74, 6) is 1.57. The van der Waals surface area contributed by atoms with E-state index in [9.17, 15) is 9.18 Å². The third kappa shape index (κ3) is 5.05. The Bertz CT molecular complexity index is 1210. The molecule has 0 radical (unpaired) electrons. The molecule has 0 atom stereocenters. The van der Waals surface area contributed by atoms with Gasteiger partial charge in [0.25, 0.3) is 0 Å². The van der Waals surface area contributed by atoms with Gasteiger partial charge < -0.3 is 14.3 Å². The Hall–Kier alpha value is -2.93. The van der Waals surface area contributed by atoms with Crippen LogP contribution in [-0.4, -0.2) is 49.0 Å². The molecule has 6 nitrogen and oxygen atoms in total. The van der Waals surface area contributed by atoms with Crippen molar-refractivity contribution in [1.82, 2.24) is 4.90 Å². The highest BCUT2D eigenvalue weighted by Crippen LogP contribution is 2.48. The molecule has 2 saturated carbocycles. The predicted octanol–water partition coefficient (Wildman–Crippen LogP) is 6.08. The number of benzene rings is 2. The van der Waals surface area contributed by atoms with Gasteiger partial charge in [0.2, 0.25) is 0 Å². The second-order valence-electron chi connectivity index (χ2n) is 11.5. The topological polar surface area (TPSA) is 60.4 Å². The van der Waals surface area contributed by atoms with Crippen molar-refractivity contribution >= 4 is 11.7 Å². The van der Waals surface area contributed by atoms with Crippen LogP contribution in [-0.2, 0) is 20.9 Å². The third-order valence-corrected chi connectivity index (χ3v) is 8.66. The monoisotopic (exact) mass is 520 g/mol. The van der Waals surface area contributed by atoms with E-state index in [-0.39, 0.29) is 23.3 Å². The number of hydrogen-bond donors (Lipinski definition) is 0. The molecule has 1 spiro atoms. The van der Waals surface area contributed by atoms with E-state index in [4.69, 9.17) is 14.3 Å². The number of carbonyl (C=O) groups is 1. The molecule has 1 saturated heterocycles. The van der Waals surface area contributed by atoms with Crippen LogP contribution < -0.4 is 4.74 Å². The lowest BCUT2D eigenvalue weighted by Crippen LogP contribution is -2.61. The van der Waals surface area contributed by atoms with Crippen molar-refractivity contribution in [3.63, 3.8) is 0 Å². The minimum Gasteiger partial charge on any atom is -0.493 e. The molecule has 4 aliphatic rings. The highest BCUT2D eigenvalue weighted by atomic mass is 19.1. The lowest BCUT2D eigenvalue weighted by atomic mass is 9.76. The summed E-state index contributed by atoms with van der Waals surface area (Å²) in [5.41, 5.74) is 5.65. The molecule has 2 aliphatic carbocycles. The lowest BCUT2D eigenvalue weighted by Gasteiger charge is -2.45. The van der Waals surface area contributed by atoms with E-state index in [1.165, 1.54) is 48.9 Å². The summed E-state index contributed by atoms with van der Waals surface area (Å²) in [6, 6.07) is 11.3. The fraction of sp³-hybridized carbons (Fsp3) is 0.548. The molecule has 2 aromatic carbocycles. The first-order valence-electron chi connectivity index (χ1n) is 14.1. The van der Waals surface area contributed by atoms with E-state index in [0.717, 1.165) is 68.6 Å². The fourth-order valence-electron chi connectivity index (χ4n) is 6.61. The molecule has 2 heterocycles. The molecule has 2 aliphatic heterocycles. The number of rotatable bonds is 8. The highest BCUT2D eigenvalue weighted by molar-refractivity contribution is 5.89. The van der Waals surface area contributed by atoms with Crippen LogP contribution in [0.1, 0.15) is 68.9 Å². The zero-order valence-electron chi connectivity index (χ0n) is 22.4. The van der Waals surface area contributed by atoms with E-state index in [0.29, 0.717) is 18.4 Å². The second-order valence-corrected chi connectivity index (χ2v) is 11.5. The number of esters is 1. The van der Waals surface area contributed by atoms with E-state index in [1.807, 2.05) is 19.1 Å². The molecule has 38 heavy (non-hydrogen) atoms. The number of ether oxygens (including phenoxy) is 2. The summed E-state index contributed by atoms with van der Waals surface area (Å²) >= 11 is 0. The van der Waals surface area contributed by atoms with E-state index >= 15 is 0 Å². The van der Waals surface area contributed by atoms with Gasteiger partial charge in [-0.2, -0.15) is 0 Å². The van der Waals surface area contributed by atoms with Crippen LogP contribution >= 0.6 is 0 Å². The van der Waals surface area contributed by atoms with Gasteiger partial charge in [0.15, 0.2) is 5.60 Å². The van der Waals surface area contributed by atoms with Gasteiger partial charge in [-0.25, -0.2) is 4.39 Å². The van der Waals surface area contributed by atoms with Crippen LogP contribution in [0.3, 0.4) is 0 Å². The van der Waals surface area contributed by atoms with Crippen LogP contribution in [0.4, 0.5) is 4.39 Å². The van der Waals surface area contributed by atoms with Crippen molar-refractivity contribution in [3.05, 3.63) is 53.3 Å². The maximum absolute atomic E-state index is 13.6. The molecule has 0 N–H and O–H groups in total. The molecule has 3 fully saturated rings. The number of halogens is 1. The normalized spacial score (nSPS) is 24.4. The Morgan fingerprint density at radius 1 is 1.08 bits per heavy atom. The maximum atomic E-state index is 13.6. The van der Waals surface area contributed by atoms with Crippen molar-refractivity contribution < 1.29 is 23.5 Å². The third-order valence-electron chi connectivity index (χ3n) is 8.66. The number of oxime groups is 1. The zero-order valence-corrected chi connectivity index (χ0v) is 22.4. The van der Waals surface area contributed by atoms with Crippen LogP contribution in [0.5, 0.6) is 5.75 Å². The second kappa shape index (κ2) is 10.3. The Labute approximate surface area is 224 Å². The number of likely N-dealkylation sites (tertiary alicyclic amines) is 1. The highest BCUT2D eigenvalue weighted by Gasteiger charge is 2.51. The van der Waals surface area contributed by atoms with E-state index < -0.39 is 0 Å². The van der Waals surface area contributed by atoms with Gasteiger partial charge in [0, 0.05) is 37.5 Å². The Morgan fingerprint density at radius 2 is 1.79 bits per heavy atom. The number of methoxy groups -OCH3 is 1. The van der Waals surface area contributed by atoms with Crippen LogP contribution in [0.15, 0.2) is 41.6 Å². The minimum absolute atomic E-state index is 0.0314. The summed E-state index contributed by atoms with van der Waals surface area (Å²) < 4.78 is 24.7. The summed E-state index contributed by atoms with van der Waals surface area (Å²) in [5, 5.41) is 4.53. The van der Waals surface area contributed by atoms with Gasteiger partial charge in [-0.05, 0) is 86.3 Å². The van der Waals surface area contributed by atoms with Crippen molar-refractivity contribution in [2.24, 2.45) is 17.0 Å². The van der Waals surface area contributed by atoms with Crippen LogP contribution in [0.25, 0.3) is 11.1 Å². The molecule has 7 heteroatoms. The Morgan fingerprint density at radius 3 is 2.45 bits per heavy atom. The molecular formula is C31H37FN2O4. The van der Waals surface area contributed by atoms with Gasteiger partial charge in [-0.15, -0.1) is 0 Å². The van der Waals surface area contributed by atoms with Crippen molar-refractivity contribution in [2.75, 3.05) is 26.8 Å². The first-order valence-corrected chi connectivity index (χ1v) is 14.1.